The first-order valence-corrected chi connectivity index (χ1v) is 9.39. The number of ether oxygens (including phenoxy) is 1. The number of nitrogens with zero attached hydrogens (tertiary/aromatic N) is 2. The van der Waals surface area contributed by atoms with Gasteiger partial charge in [0.1, 0.15) is 17.2 Å². The lowest BCUT2D eigenvalue weighted by atomic mass is 9.93. The smallest absolute Gasteiger partial charge is 0.308 e. The van der Waals surface area contributed by atoms with Gasteiger partial charge in [-0.25, -0.2) is 9.37 Å². The van der Waals surface area contributed by atoms with E-state index in [1.54, 1.807) is 36.8 Å². The molecule has 0 aliphatic heterocycles. The number of benzene rings is 2. The van der Waals surface area contributed by atoms with E-state index in [-0.39, 0.29) is 11.8 Å². The average molecular weight is 397 g/mol. The molecule has 5 nitrogen and oxygen atoms in total. The molecule has 6 heteroatoms. The zero-order chi connectivity index (χ0) is 20.7. The fourth-order valence-corrected chi connectivity index (χ4v) is 3.73. The number of rotatable bonds is 3. The molecular weight excluding hydrogens is 381 g/mol. The molecule has 0 amide bonds. The Morgan fingerprint density at radius 1 is 1.00 bits per heavy atom. The van der Waals surface area contributed by atoms with Crippen molar-refractivity contribution in [2.45, 2.75) is 6.92 Å². The molecule has 0 aliphatic carbocycles. The number of pyridine rings is 2. The minimum Gasteiger partial charge on any atom is -0.427 e. The number of fused-ring (bicyclic) bond motifs is 3. The first-order valence-electron chi connectivity index (χ1n) is 9.39. The molecule has 0 bridgehead atoms. The van der Waals surface area contributed by atoms with Gasteiger partial charge in [-0.3, -0.25) is 9.78 Å². The van der Waals surface area contributed by atoms with E-state index in [2.05, 4.69) is 15.0 Å². The number of carbonyl (C=O) groups excluding carboxylic acids is 1. The molecule has 30 heavy (non-hydrogen) atoms. The molecule has 0 spiro atoms. The highest BCUT2D eigenvalue weighted by Crippen LogP contribution is 2.41. The summed E-state index contributed by atoms with van der Waals surface area (Å²) in [5, 5.41) is 1.78. The predicted octanol–water partition coefficient (Wildman–Crippen LogP) is 5.51. The summed E-state index contributed by atoms with van der Waals surface area (Å²) in [6.45, 7) is 1.37. The Bertz CT molecular complexity index is 1390. The number of hydrogen-bond donors (Lipinski definition) is 1. The van der Waals surface area contributed by atoms with Crippen molar-refractivity contribution in [2.24, 2.45) is 0 Å². The summed E-state index contributed by atoms with van der Waals surface area (Å²) in [5.41, 5.74) is 5.20. The van der Waals surface area contributed by atoms with Crippen LogP contribution in [-0.2, 0) is 4.79 Å². The van der Waals surface area contributed by atoms with Gasteiger partial charge in [0, 0.05) is 52.9 Å². The number of esters is 1. The highest BCUT2D eigenvalue weighted by Gasteiger charge is 2.18. The molecular formula is C24H16FN3O2. The second kappa shape index (κ2) is 7.08. The quantitative estimate of drug-likeness (QED) is 0.322. The Kier molecular flexibility index (Phi) is 4.25. The third-order valence-electron chi connectivity index (χ3n) is 4.98. The van der Waals surface area contributed by atoms with Gasteiger partial charge < -0.3 is 9.72 Å². The van der Waals surface area contributed by atoms with Gasteiger partial charge in [-0.15, -0.1) is 0 Å². The van der Waals surface area contributed by atoms with Crippen LogP contribution in [0.5, 0.6) is 5.75 Å². The van der Waals surface area contributed by atoms with Gasteiger partial charge in [0.15, 0.2) is 0 Å². The monoisotopic (exact) mass is 397 g/mol. The molecule has 0 atom stereocenters. The van der Waals surface area contributed by atoms with Gasteiger partial charge in [-0.1, -0.05) is 12.1 Å². The Morgan fingerprint density at radius 2 is 1.77 bits per heavy atom. The highest BCUT2D eigenvalue weighted by atomic mass is 19.1. The summed E-state index contributed by atoms with van der Waals surface area (Å²) < 4.78 is 18.8. The van der Waals surface area contributed by atoms with Crippen molar-refractivity contribution in [3.05, 3.63) is 79.0 Å². The largest absolute Gasteiger partial charge is 0.427 e. The lowest BCUT2D eigenvalue weighted by Crippen LogP contribution is -2.00. The Labute approximate surface area is 171 Å². The minimum atomic E-state index is -0.381. The summed E-state index contributed by atoms with van der Waals surface area (Å²) in [6, 6.07) is 15.6. The molecule has 1 N–H and O–H groups in total. The van der Waals surface area contributed by atoms with Crippen LogP contribution in [0.1, 0.15) is 6.92 Å². The van der Waals surface area contributed by atoms with Gasteiger partial charge in [-0.05, 0) is 53.6 Å². The lowest BCUT2D eigenvalue weighted by Gasteiger charge is -2.12. The number of nitrogens with one attached hydrogen (secondary N) is 1. The molecule has 5 aromatic rings. The third-order valence-corrected chi connectivity index (χ3v) is 4.98. The van der Waals surface area contributed by atoms with E-state index in [9.17, 15) is 9.18 Å². The number of H-pyrrole nitrogens is 1. The van der Waals surface area contributed by atoms with Crippen LogP contribution < -0.4 is 4.74 Å². The molecule has 2 aromatic carbocycles. The molecule has 0 fully saturated rings. The second-order valence-electron chi connectivity index (χ2n) is 6.94. The van der Waals surface area contributed by atoms with Crippen molar-refractivity contribution in [3.8, 4) is 28.0 Å². The van der Waals surface area contributed by atoms with Gasteiger partial charge >= 0.3 is 5.97 Å². The van der Waals surface area contributed by atoms with Crippen LogP contribution in [0.3, 0.4) is 0 Å². The van der Waals surface area contributed by atoms with E-state index in [0.29, 0.717) is 11.4 Å². The summed E-state index contributed by atoms with van der Waals surface area (Å²) in [7, 11) is 0. The van der Waals surface area contributed by atoms with Crippen LogP contribution in [0.15, 0.2) is 73.2 Å². The molecule has 3 aromatic heterocycles. The van der Waals surface area contributed by atoms with Crippen LogP contribution in [0, 0.1) is 5.82 Å². The Morgan fingerprint density at radius 3 is 2.50 bits per heavy atom. The number of aromatic nitrogens is 3. The molecule has 0 saturated carbocycles. The van der Waals surface area contributed by atoms with Crippen LogP contribution in [0.2, 0.25) is 0 Å². The van der Waals surface area contributed by atoms with E-state index in [4.69, 9.17) is 4.74 Å². The van der Waals surface area contributed by atoms with E-state index in [1.807, 2.05) is 24.3 Å². The van der Waals surface area contributed by atoms with Crippen molar-refractivity contribution >= 4 is 27.9 Å². The van der Waals surface area contributed by atoms with Crippen LogP contribution in [0.25, 0.3) is 44.2 Å². The van der Waals surface area contributed by atoms with Crippen LogP contribution in [0.4, 0.5) is 4.39 Å². The molecule has 0 saturated heterocycles. The maximum atomic E-state index is 13.5. The van der Waals surface area contributed by atoms with Gasteiger partial charge in [0.2, 0.25) is 0 Å². The number of carbonyl (C=O) groups is 1. The topological polar surface area (TPSA) is 67.9 Å². The standard InChI is InChI=1S/C24H16FN3O2/c1-14(29)30-18-6-7-21-19(12-18)23-22(16-8-10-26-11-9-16)20(13-27-24(23)28-21)15-2-4-17(25)5-3-15/h2-13H,1H3,(H,27,28). The maximum Gasteiger partial charge on any atom is 0.308 e. The molecule has 0 aliphatic rings. The average Bonchev–Trinajstić information content (AvgIpc) is 3.12. The summed E-state index contributed by atoms with van der Waals surface area (Å²) in [6.07, 6.45) is 5.25. The molecule has 3 heterocycles. The highest BCUT2D eigenvalue weighted by molar-refractivity contribution is 6.16. The van der Waals surface area contributed by atoms with Crippen LogP contribution >= 0.6 is 0 Å². The van der Waals surface area contributed by atoms with Gasteiger partial charge in [0.25, 0.3) is 0 Å². The molecule has 146 valence electrons. The zero-order valence-corrected chi connectivity index (χ0v) is 16.0. The Balaban J connectivity index is 1.87. The van der Waals surface area contributed by atoms with E-state index >= 15 is 0 Å². The molecule has 0 unspecified atom stereocenters. The van der Waals surface area contributed by atoms with Crippen molar-refractivity contribution in [1.29, 1.82) is 0 Å². The van der Waals surface area contributed by atoms with Crippen molar-refractivity contribution < 1.29 is 13.9 Å². The Hall–Kier alpha value is -4.06. The predicted molar refractivity (Wildman–Crippen MR) is 114 cm³/mol. The SMILES string of the molecule is CC(=O)Oc1ccc2[nH]c3ncc(-c4ccc(F)cc4)c(-c4ccncc4)c3c2c1. The van der Waals surface area contributed by atoms with E-state index < -0.39 is 0 Å². The van der Waals surface area contributed by atoms with Crippen molar-refractivity contribution in [1.82, 2.24) is 15.0 Å². The number of aromatic amines is 1. The molecule has 0 radical (unpaired) electrons. The number of halogens is 1. The van der Waals surface area contributed by atoms with E-state index in [0.717, 1.165) is 38.5 Å². The van der Waals surface area contributed by atoms with Gasteiger partial charge in [0.05, 0.1) is 0 Å². The zero-order valence-electron chi connectivity index (χ0n) is 16.0. The summed E-state index contributed by atoms with van der Waals surface area (Å²) in [4.78, 5) is 23.5. The lowest BCUT2D eigenvalue weighted by molar-refractivity contribution is -0.131. The van der Waals surface area contributed by atoms with Gasteiger partial charge in [-0.2, -0.15) is 0 Å². The van der Waals surface area contributed by atoms with Crippen LogP contribution in [-0.4, -0.2) is 20.9 Å². The summed E-state index contributed by atoms with van der Waals surface area (Å²) in [5.74, 6) is -0.214. The van der Waals surface area contributed by atoms with E-state index in [1.165, 1.54) is 19.1 Å². The number of hydrogen-bond acceptors (Lipinski definition) is 4. The first kappa shape index (κ1) is 18.0. The second-order valence-corrected chi connectivity index (χ2v) is 6.94. The normalized spacial score (nSPS) is 11.1. The minimum absolute atomic E-state index is 0.295. The summed E-state index contributed by atoms with van der Waals surface area (Å²) >= 11 is 0. The first-order chi connectivity index (χ1) is 14.6. The fraction of sp³-hybridized carbons (Fsp3) is 0.0417. The maximum absolute atomic E-state index is 13.5. The van der Waals surface area contributed by atoms with Crippen molar-refractivity contribution in [3.63, 3.8) is 0 Å². The fourth-order valence-electron chi connectivity index (χ4n) is 3.73. The van der Waals surface area contributed by atoms with Crippen molar-refractivity contribution in [2.75, 3.05) is 0 Å². The molecule has 5 rings (SSSR count). The third kappa shape index (κ3) is 3.08.